The fourth-order valence-corrected chi connectivity index (χ4v) is 6.13. The fourth-order valence-electron chi connectivity index (χ4n) is 5.87. The number of anilines is 1. The minimum absolute atomic E-state index is 0.0236. The van der Waals surface area contributed by atoms with E-state index in [1.807, 2.05) is 43.3 Å². The maximum Gasteiger partial charge on any atom is 0.239 e. The molecule has 3 aromatic carbocycles. The lowest BCUT2D eigenvalue weighted by molar-refractivity contribution is -0.124. The van der Waals surface area contributed by atoms with Gasteiger partial charge in [-0.05, 0) is 54.3 Å². The smallest absolute Gasteiger partial charge is 0.239 e. The predicted molar refractivity (Wildman–Crippen MR) is 127 cm³/mol. The quantitative estimate of drug-likeness (QED) is 0.476. The Kier molecular flexibility index (Phi) is 4.60. The first-order chi connectivity index (χ1) is 15.5. The summed E-state index contributed by atoms with van der Waals surface area (Å²) < 4.78 is 1.01. The van der Waals surface area contributed by atoms with Gasteiger partial charge < -0.3 is 0 Å². The van der Waals surface area contributed by atoms with Gasteiger partial charge in [0.1, 0.15) is 0 Å². The van der Waals surface area contributed by atoms with E-state index < -0.39 is 0 Å². The molecular formula is C27H23BrN2O2. The first-order valence-electron chi connectivity index (χ1n) is 11.1. The Morgan fingerprint density at radius 1 is 0.812 bits per heavy atom. The van der Waals surface area contributed by atoms with Crippen LogP contribution in [-0.2, 0) is 22.6 Å². The molecule has 0 bridgehead atoms. The molecule has 0 N–H and O–H groups in total. The summed E-state index contributed by atoms with van der Waals surface area (Å²) in [6, 6.07) is 24.3. The van der Waals surface area contributed by atoms with Gasteiger partial charge in [0.2, 0.25) is 11.8 Å². The van der Waals surface area contributed by atoms with E-state index in [0.29, 0.717) is 5.69 Å². The molecule has 4 atom stereocenters. The number of carbonyl (C=O) groups excluding carboxylic acids is 2. The Hall–Kier alpha value is -2.76. The Morgan fingerprint density at radius 2 is 1.47 bits per heavy atom. The predicted octanol–water partition coefficient (Wildman–Crippen LogP) is 5.04. The molecule has 0 saturated carbocycles. The van der Waals surface area contributed by atoms with E-state index in [1.54, 1.807) is 0 Å². The minimum Gasteiger partial charge on any atom is -0.287 e. The van der Waals surface area contributed by atoms with E-state index >= 15 is 0 Å². The van der Waals surface area contributed by atoms with Crippen LogP contribution >= 0.6 is 15.9 Å². The van der Waals surface area contributed by atoms with Crippen molar-refractivity contribution in [1.82, 2.24) is 4.90 Å². The number of hydrogen-bond donors (Lipinski definition) is 0. The van der Waals surface area contributed by atoms with Crippen LogP contribution in [0.5, 0.6) is 0 Å². The first kappa shape index (κ1) is 19.9. The van der Waals surface area contributed by atoms with Crippen molar-refractivity contribution >= 4 is 33.4 Å². The van der Waals surface area contributed by atoms with Crippen LogP contribution in [0.3, 0.4) is 0 Å². The SMILES string of the molecule is Cc1ccc(N2C(=O)[C@@H]3[C@H](C2=O)[C@@H](c2ccc(Br)cc2)N2Cc4ccccc4C[C@@H]32)cc1. The third-order valence-electron chi connectivity index (χ3n) is 7.34. The Bertz CT molecular complexity index is 1220. The molecule has 2 fully saturated rings. The normalized spacial score (nSPS) is 26.8. The van der Waals surface area contributed by atoms with E-state index in [0.717, 1.165) is 28.6 Å². The molecule has 3 aliphatic rings. The molecule has 2 saturated heterocycles. The molecule has 3 heterocycles. The maximum absolute atomic E-state index is 13.8. The monoisotopic (exact) mass is 486 g/mol. The van der Waals surface area contributed by atoms with Crippen molar-refractivity contribution in [3.05, 3.63) is 99.5 Å². The second-order valence-corrected chi connectivity index (χ2v) is 10.0. The number of amides is 2. The third kappa shape index (κ3) is 2.91. The van der Waals surface area contributed by atoms with Crippen molar-refractivity contribution < 1.29 is 9.59 Å². The van der Waals surface area contributed by atoms with Crippen LogP contribution in [0.1, 0.15) is 28.3 Å². The number of nitrogens with zero attached hydrogens (tertiary/aromatic N) is 2. The number of imide groups is 1. The summed E-state index contributed by atoms with van der Waals surface area (Å²) in [6.45, 7) is 2.77. The van der Waals surface area contributed by atoms with Crippen LogP contribution in [0.15, 0.2) is 77.3 Å². The lowest BCUT2D eigenvalue weighted by Crippen LogP contribution is -2.44. The van der Waals surface area contributed by atoms with E-state index in [9.17, 15) is 9.59 Å². The zero-order chi connectivity index (χ0) is 22.0. The van der Waals surface area contributed by atoms with Crippen molar-refractivity contribution in [2.45, 2.75) is 32.0 Å². The van der Waals surface area contributed by atoms with Crippen molar-refractivity contribution in [2.24, 2.45) is 11.8 Å². The number of halogens is 1. The van der Waals surface area contributed by atoms with Crippen LogP contribution < -0.4 is 4.90 Å². The van der Waals surface area contributed by atoms with Crippen LogP contribution in [0.4, 0.5) is 5.69 Å². The van der Waals surface area contributed by atoms with Crippen molar-refractivity contribution in [1.29, 1.82) is 0 Å². The average Bonchev–Trinajstić information content (AvgIpc) is 3.26. The standard InChI is InChI=1S/C27H23BrN2O2/c1-16-6-12-21(13-7-16)30-26(31)23-22-14-18-4-2-3-5-19(18)15-29(22)25(24(23)27(30)32)17-8-10-20(28)11-9-17/h2-13,22-25H,14-15H2,1H3/t22-,23-,24-,25+/m0/s1. The minimum atomic E-state index is -0.371. The summed E-state index contributed by atoms with van der Waals surface area (Å²) in [7, 11) is 0. The van der Waals surface area contributed by atoms with Gasteiger partial charge in [-0.15, -0.1) is 0 Å². The fraction of sp³-hybridized carbons (Fsp3) is 0.259. The molecule has 3 aromatic rings. The summed E-state index contributed by atoms with van der Waals surface area (Å²) in [4.78, 5) is 31.4. The molecule has 6 rings (SSSR count). The summed E-state index contributed by atoms with van der Waals surface area (Å²) in [6.07, 6.45) is 0.797. The van der Waals surface area contributed by atoms with Crippen LogP contribution in [-0.4, -0.2) is 22.8 Å². The molecule has 0 aliphatic carbocycles. The number of benzene rings is 3. The van der Waals surface area contributed by atoms with Gasteiger partial charge in [0.25, 0.3) is 0 Å². The van der Waals surface area contributed by atoms with Gasteiger partial charge in [0, 0.05) is 23.1 Å². The van der Waals surface area contributed by atoms with Gasteiger partial charge in [-0.2, -0.15) is 0 Å². The summed E-state index contributed by atoms with van der Waals surface area (Å²) >= 11 is 3.53. The van der Waals surface area contributed by atoms with E-state index in [2.05, 4.69) is 57.2 Å². The molecule has 2 amide bonds. The van der Waals surface area contributed by atoms with Gasteiger partial charge in [0.05, 0.1) is 17.5 Å². The summed E-state index contributed by atoms with van der Waals surface area (Å²) in [5, 5.41) is 0. The highest BCUT2D eigenvalue weighted by atomic mass is 79.9. The van der Waals surface area contributed by atoms with Crippen molar-refractivity contribution in [3.63, 3.8) is 0 Å². The van der Waals surface area contributed by atoms with Gasteiger partial charge in [-0.1, -0.05) is 70.0 Å². The Balaban J connectivity index is 1.47. The topological polar surface area (TPSA) is 40.6 Å². The second kappa shape index (κ2) is 7.39. The zero-order valence-corrected chi connectivity index (χ0v) is 19.3. The van der Waals surface area contributed by atoms with Gasteiger partial charge in [-0.25, -0.2) is 4.90 Å². The highest BCUT2D eigenvalue weighted by Crippen LogP contribution is 2.53. The molecule has 0 radical (unpaired) electrons. The molecule has 0 aromatic heterocycles. The lowest BCUT2D eigenvalue weighted by atomic mass is 9.84. The highest BCUT2D eigenvalue weighted by Gasteiger charge is 2.63. The van der Waals surface area contributed by atoms with Crippen molar-refractivity contribution in [2.75, 3.05) is 4.90 Å². The number of aryl methyl sites for hydroxylation is 1. The number of fused-ring (bicyclic) bond motifs is 4. The summed E-state index contributed by atoms with van der Waals surface area (Å²) in [5.74, 6) is -0.830. The van der Waals surface area contributed by atoms with Crippen LogP contribution in [0.25, 0.3) is 0 Å². The number of hydrogen-bond acceptors (Lipinski definition) is 3. The van der Waals surface area contributed by atoms with E-state index in [-0.39, 0.29) is 35.7 Å². The van der Waals surface area contributed by atoms with Crippen LogP contribution in [0, 0.1) is 18.8 Å². The number of carbonyl (C=O) groups is 2. The third-order valence-corrected chi connectivity index (χ3v) is 7.87. The molecule has 3 aliphatic heterocycles. The largest absolute Gasteiger partial charge is 0.287 e. The lowest BCUT2D eigenvalue weighted by Gasteiger charge is -2.38. The molecule has 32 heavy (non-hydrogen) atoms. The molecule has 0 unspecified atom stereocenters. The Morgan fingerprint density at radius 3 is 2.19 bits per heavy atom. The molecule has 0 spiro atoms. The first-order valence-corrected chi connectivity index (χ1v) is 11.8. The Labute approximate surface area is 196 Å². The molecular weight excluding hydrogens is 464 g/mol. The maximum atomic E-state index is 13.8. The molecule has 5 heteroatoms. The van der Waals surface area contributed by atoms with Gasteiger partial charge in [-0.3, -0.25) is 14.5 Å². The highest BCUT2D eigenvalue weighted by molar-refractivity contribution is 9.10. The molecule has 160 valence electrons. The number of rotatable bonds is 2. The van der Waals surface area contributed by atoms with E-state index in [1.165, 1.54) is 16.0 Å². The van der Waals surface area contributed by atoms with Gasteiger partial charge >= 0.3 is 0 Å². The van der Waals surface area contributed by atoms with E-state index in [4.69, 9.17) is 0 Å². The zero-order valence-electron chi connectivity index (χ0n) is 17.7. The van der Waals surface area contributed by atoms with Crippen molar-refractivity contribution in [3.8, 4) is 0 Å². The second-order valence-electron chi connectivity index (χ2n) is 9.11. The molecule has 4 nitrogen and oxygen atoms in total. The summed E-state index contributed by atoms with van der Waals surface area (Å²) in [5.41, 5.74) is 5.46. The van der Waals surface area contributed by atoms with Gasteiger partial charge in [0.15, 0.2) is 0 Å². The van der Waals surface area contributed by atoms with Crippen LogP contribution in [0.2, 0.25) is 0 Å². The average molecular weight is 487 g/mol.